The summed E-state index contributed by atoms with van der Waals surface area (Å²) in [6, 6.07) is 15.5. The number of fused-ring (bicyclic) bond motifs is 2. The Morgan fingerprint density at radius 2 is 1.82 bits per heavy atom. The molecule has 1 heteroatoms. The van der Waals surface area contributed by atoms with Crippen molar-refractivity contribution >= 4 is 5.69 Å². The average Bonchev–Trinajstić information content (AvgIpc) is 2.57. The van der Waals surface area contributed by atoms with Crippen LogP contribution in [0.25, 0.3) is 0 Å². The molecule has 0 fully saturated rings. The standard InChI is InChI=1S/C16H17N/c1-2-12-7-8-14-10-13-5-3-4-6-15(13)11-17-16(14)9-12/h3-9,17H,2,10-11H2,1H3. The molecule has 0 saturated heterocycles. The number of nitrogens with one attached hydrogen (secondary N) is 1. The first-order valence-corrected chi connectivity index (χ1v) is 6.29. The predicted molar refractivity (Wildman–Crippen MR) is 72.4 cm³/mol. The second-order valence-electron chi connectivity index (χ2n) is 4.64. The molecule has 1 nitrogen and oxygen atoms in total. The quantitative estimate of drug-likeness (QED) is 0.776. The van der Waals surface area contributed by atoms with Gasteiger partial charge in [-0.25, -0.2) is 0 Å². The lowest BCUT2D eigenvalue weighted by molar-refractivity contribution is 1.12. The number of aryl methyl sites for hydroxylation is 1. The summed E-state index contributed by atoms with van der Waals surface area (Å²) in [5.74, 6) is 0. The molecule has 2 aromatic carbocycles. The first-order valence-electron chi connectivity index (χ1n) is 6.29. The lowest BCUT2D eigenvalue weighted by Crippen LogP contribution is -1.99. The van der Waals surface area contributed by atoms with Crippen molar-refractivity contribution in [3.05, 3.63) is 64.7 Å². The number of benzene rings is 2. The molecule has 0 radical (unpaired) electrons. The van der Waals surface area contributed by atoms with Crippen LogP contribution in [-0.2, 0) is 19.4 Å². The van der Waals surface area contributed by atoms with Gasteiger partial charge in [-0.1, -0.05) is 43.3 Å². The molecular weight excluding hydrogens is 206 g/mol. The van der Waals surface area contributed by atoms with Crippen LogP contribution in [0, 0.1) is 0 Å². The van der Waals surface area contributed by atoms with Crippen LogP contribution >= 0.6 is 0 Å². The van der Waals surface area contributed by atoms with Gasteiger partial charge in [-0.3, -0.25) is 0 Å². The van der Waals surface area contributed by atoms with E-state index >= 15 is 0 Å². The van der Waals surface area contributed by atoms with Crippen LogP contribution in [-0.4, -0.2) is 0 Å². The molecule has 1 aliphatic rings. The van der Waals surface area contributed by atoms with Crippen molar-refractivity contribution < 1.29 is 0 Å². The van der Waals surface area contributed by atoms with E-state index in [1.165, 1.54) is 27.9 Å². The summed E-state index contributed by atoms with van der Waals surface area (Å²) in [5.41, 5.74) is 6.99. The van der Waals surface area contributed by atoms with Gasteiger partial charge in [0.15, 0.2) is 0 Å². The number of rotatable bonds is 1. The topological polar surface area (TPSA) is 12.0 Å². The fraction of sp³-hybridized carbons (Fsp3) is 0.250. The molecule has 0 amide bonds. The van der Waals surface area contributed by atoms with Crippen molar-refractivity contribution in [2.75, 3.05) is 5.32 Å². The van der Waals surface area contributed by atoms with Crippen LogP contribution in [0.4, 0.5) is 5.69 Å². The van der Waals surface area contributed by atoms with E-state index in [4.69, 9.17) is 0 Å². The third-order valence-electron chi connectivity index (χ3n) is 3.55. The third kappa shape index (κ3) is 1.93. The van der Waals surface area contributed by atoms with E-state index in [0.717, 1.165) is 19.4 Å². The molecule has 1 heterocycles. The smallest absolute Gasteiger partial charge is 0.0403 e. The van der Waals surface area contributed by atoms with E-state index in [-0.39, 0.29) is 0 Å². The van der Waals surface area contributed by atoms with E-state index in [1.54, 1.807) is 0 Å². The van der Waals surface area contributed by atoms with Gasteiger partial charge < -0.3 is 5.32 Å². The highest BCUT2D eigenvalue weighted by molar-refractivity contribution is 5.57. The summed E-state index contributed by atoms with van der Waals surface area (Å²) in [7, 11) is 0. The van der Waals surface area contributed by atoms with Gasteiger partial charge in [0.2, 0.25) is 0 Å². The summed E-state index contributed by atoms with van der Waals surface area (Å²) in [6.45, 7) is 3.14. The van der Waals surface area contributed by atoms with Crippen molar-refractivity contribution in [2.24, 2.45) is 0 Å². The molecule has 0 aromatic heterocycles. The summed E-state index contributed by atoms with van der Waals surface area (Å²) in [6.07, 6.45) is 2.14. The molecule has 1 N–H and O–H groups in total. The molecule has 0 unspecified atom stereocenters. The van der Waals surface area contributed by atoms with Gasteiger partial charge in [0.1, 0.15) is 0 Å². The minimum Gasteiger partial charge on any atom is -0.381 e. The summed E-state index contributed by atoms with van der Waals surface area (Å²) >= 11 is 0. The lowest BCUT2D eigenvalue weighted by atomic mass is 9.99. The lowest BCUT2D eigenvalue weighted by Gasteiger charge is -2.09. The largest absolute Gasteiger partial charge is 0.381 e. The van der Waals surface area contributed by atoms with Gasteiger partial charge in [-0.2, -0.15) is 0 Å². The van der Waals surface area contributed by atoms with Gasteiger partial charge in [-0.05, 0) is 41.2 Å². The number of hydrogen-bond donors (Lipinski definition) is 1. The minimum atomic E-state index is 0.941. The van der Waals surface area contributed by atoms with Crippen LogP contribution in [0.1, 0.15) is 29.2 Å². The van der Waals surface area contributed by atoms with E-state index in [9.17, 15) is 0 Å². The van der Waals surface area contributed by atoms with Crippen molar-refractivity contribution in [3.8, 4) is 0 Å². The Hall–Kier alpha value is -1.76. The van der Waals surface area contributed by atoms with Crippen LogP contribution in [0.5, 0.6) is 0 Å². The highest BCUT2D eigenvalue weighted by atomic mass is 14.9. The molecule has 3 rings (SSSR count). The fourth-order valence-corrected chi connectivity index (χ4v) is 2.46. The zero-order valence-corrected chi connectivity index (χ0v) is 10.2. The Morgan fingerprint density at radius 3 is 2.65 bits per heavy atom. The molecule has 0 aliphatic carbocycles. The molecule has 86 valence electrons. The summed E-state index contributed by atoms with van der Waals surface area (Å²) in [5, 5.41) is 3.56. The first-order chi connectivity index (χ1) is 8.36. The molecule has 2 aromatic rings. The minimum absolute atomic E-state index is 0.941. The molecule has 0 bridgehead atoms. The summed E-state index contributed by atoms with van der Waals surface area (Å²) in [4.78, 5) is 0. The van der Waals surface area contributed by atoms with Crippen LogP contribution in [0.15, 0.2) is 42.5 Å². The van der Waals surface area contributed by atoms with Crippen molar-refractivity contribution in [1.29, 1.82) is 0 Å². The predicted octanol–water partition coefficient (Wildman–Crippen LogP) is 3.77. The Kier molecular flexibility index (Phi) is 2.60. The second-order valence-corrected chi connectivity index (χ2v) is 4.64. The average molecular weight is 223 g/mol. The maximum absolute atomic E-state index is 3.56. The van der Waals surface area contributed by atoms with Gasteiger partial charge in [0, 0.05) is 12.2 Å². The first kappa shape index (κ1) is 10.4. The maximum Gasteiger partial charge on any atom is 0.0403 e. The van der Waals surface area contributed by atoms with Gasteiger partial charge in [0.05, 0.1) is 0 Å². The van der Waals surface area contributed by atoms with Crippen LogP contribution in [0.3, 0.4) is 0 Å². The highest BCUT2D eigenvalue weighted by Gasteiger charge is 2.11. The fourth-order valence-electron chi connectivity index (χ4n) is 2.46. The zero-order chi connectivity index (χ0) is 11.7. The number of anilines is 1. The Morgan fingerprint density at radius 1 is 1.00 bits per heavy atom. The van der Waals surface area contributed by atoms with Gasteiger partial charge >= 0.3 is 0 Å². The van der Waals surface area contributed by atoms with Crippen LogP contribution < -0.4 is 5.32 Å². The molecule has 0 spiro atoms. The third-order valence-corrected chi connectivity index (χ3v) is 3.55. The molecular formula is C16H17N. The second kappa shape index (κ2) is 4.25. The Bertz CT molecular complexity index is 543. The maximum atomic E-state index is 3.56. The monoisotopic (exact) mass is 223 g/mol. The van der Waals surface area contributed by atoms with E-state index in [2.05, 4.69) is 54.7 Å². The molecule has 0 saturated carbocycles. The number of hydrogen-bond acceptors (Lipinski definition) is 1. The van der Waals surface area contributed by atoms with Crippen molar-refractivity contribution in [1.82, 2.24) is 0 Å². The molecule has 0 atom stereocenters. The summed E-state index contributed by atoms with van der Waals surface area (Å²) < 4.78 is 0. The van der Waals surface area contributed by atoms with E-state index in [1.807, 2.05) is 0 Å². The normalized spacial score (nSPS) is 13.2. The SMILES string of the molecule is CCc1ccc2c(c1)NCc1ccccc1C2. The Balaban J connectivity index is 2.03. The van der Waals surface area contributed by atoms with Crippen molar-refractivity contribution in [3.63, 3.8) is 0 Å². The highest BCUT2D eigenvalue weighted by Crippen LogP contribution is 2.27. The van der Waals surface area contributed by atoms with E-state index in [0.29, 0.717) is 0 Å². The molecule has 17 heavy (non-hydrogen) atoms. The van der Waals surface area contributed by atoms with Crippen LogP contribution in [0.2, 0.25) is 0 Å². The molecule has 1 aliphatic heterocycles. The van der Waals surface area contributed by atoms with Crippen molar-refractivity contribution in [2.45, 2.75) is 26.3 Å². The van der Waals surface area contributed by atoms with Gasteiger partial charge in [0.25, 0.3) is 0 Å². The van der Waals surface area contributed by atoms with Gasteiger partial charge in [-0.15, -0.1) is 0 Å². The zero-order valence-electron chi connectivity index (χ0n) is 10.2. The van der Waals surface area contributed by atoms with E-state index < -0.39 is 0 Å². The Labute approximate surface area is 102 Å².